The lowest BCUT2D eigenvalue weighted by Crippen LogP contribution is -2.41. The molecule has 0 rings (SSSR count). The van der Waals surface area contributed by atoms with Gasteiger partial charge in [0.1, 0.15) is 0 Å². The van der Waals surface area contributed by atoms with Gasteiger partial charge in [-0.05, 0) is 26.2 Å². The minimum atomic E-state index is 0. The van der Waals surface area contributed by atoms with E-state index in [0.717, 1.165) is 26.2 Å². The Morgan fingerprint density at radius 3 is 1.08 bits per heavy atom. The van der Waals surface area contributed by atoms with Crippen LogP contribution in [-0.4, -0.2) is 43.4 Å². The van der Waals surface area contributed by atoms with E-state index in [1.807, 2.05) is 0 Å². The van der Waals surface area contributed by atoms with Crippen LogP contribution in [0, 0.1) is 0 Å². The highest BCUT2D eigenvalue weighted by atomic mass is 15.2. The van der Waals surface area contributed by atoms with Gasteiger partial charge < -0.3 is 9.62 Å². The van der Waals surface area contributed by atoms with Gasteiger partial charge in [0, 0.05) is 0 Å². The Balaban J connectivity index is -0.000000500. The zero-order chi connectivity index (χ0) is 8.69. The fourth-order valence-electron chi connectivity index (χ4n) is 1.00. The summed E-state index contributed by atoms with van der Waals surface area (Å²) in [6.07, 6.45) is 0. The lowest BCUT2D eigenvalue weighted by atomic mass is 10.0. The van der Waals surface area contributed by atoms with Gasteiger partial charge in [0.2, 0.25) is 0 Å². The van der Waals surface area contributed by atoms with E-state index in [9.17, 15) is 0 Å². The Morgan fingerprint density at radius 2 is 0.923 bits per heavy atom. The average Bonchev–Trinajstić information content (AvgIpc) is 2.07. The van der Waals surface area contributed by atoms with Gasteiger partial charge in [-0.15, -0.1) is 0 Å². The number of hydrogen-bond donors (Lipinski definition) is 0. The van der Waals surface area contributed by atoms with Crippen molar-refractivity contribution in [3.63, 3.8) is 0 Å². The number of hydrogen-bond acceptors (Lipinski definition) is 2. The molecule has 0 atom stereocenters. The van der Waals surface area contributed by atoms with Crippen LogP contribution in [0.15, 0.2) is 0 Å². The zero-order valence-corrected chi connectivity index (χ0v) is 8.30. The van der Waals surface area contributed by atoms with E-state index < -0.39 is 0 Å². The summed E-state index contributed by atoms with van der Waals surface area (Å²) in [5.41, 5.74) is 0. The topological polar surface area (TPSA) is 6.48 Å². The van der Waals surface area contributed by atoms with Gasteiger partial charge >= 0.3 is 7.55 Å². The molecule has 1 radical (unpaired) electrons. The predicted octanol–water partition coefficient (Wildman–Crippen LogP) is 2.48. The van der Waals surface area contributed by atoms with Crippen molar-refractivity contribution in [2.24, 2.45) is 0 Å². The molecule has 0 aromatic rings. The molecule has 0 aliphatic rings. The molecule has 0 saturated carbocycles. The summed E-state index contributed by atoms with van der Waals surface area (Å²) < 4.78 is 0. The maximum atomic E-state index is 2.31. The van der Waals surface area contributed by atoms with E-state index in [2.05, 4.69) is 44.9 Å². The number of nitrogens with zero attached hydrogens (tertiary/aromatic N) is 2. The lowest BCUT2D eigenvalue weighted by Gasteiger charge is -2.24. The van der Waals surface area contributed by atoms with Crippen molar-refractivity contribution in [2.45, 2.75) is 42.5 Å². The summed E-state index contributed by atoms with van der Waals surface area (Å²) in [5.74, 6) is 0. The van der Waals surface area contributed by atoms with Crippen LogP contribution in [0.5, 0.6) is 0 Å². The molecule has 0 saturated heterocycles. The summed E-state index contributed by atoms with van der Waals surface area (Å²) in [6.45, 7) is 13.2. The molecule has 0 heterocycles. The molecule has 13 heavy (non-hydrogen) atoms. The first-order chi connectivity index (χ1) is 5.28. The SMILES string of the molecule is C.C.CCN([B]N(CC)CC)CC. The summed E-state index contributed by atoms with van der Waals surface area (Å²) in [4.78, 5) is 4.62. The molecule has 0 bridgehead atoms. The molecule has 0 unspecified atom stereocenters. The number of rotatable bonds is 6. The molecule has 0 N–H and O–H groups in total. The molecule has 3 heteroatoms. The molecule has 0 aliphatic carbocycles. The van der Waals surface area contributed by atoms with Gasteiger partial charge in [0.05, 0.1) is 0 Å². The Morgan fingerprint density at radius 1 is 0.692 bits per heavy atom. The maximum absolute atomic E-state index is 2.31. The second kappa shape index (κ2) is 12.0. The first-order valence-corrected chi connectivity index (χ1v) is 4.61. The highest BCUT2D eigenvalue weighted by Gasteiger charge is 2.07. The largest absolute Gasteiger partial charge is 0.332 e. The first-order valence-electron chi connectivity index (χ1n) is 4.61. The van der Waals surface area contributed by atoms with Crippen molar-refractivity contribution in [3.05, 3.63) is 0 Å². The van der Waals surface area contributed by atoms with Crippen LogP contribution in [0.25, 0.3) is 0 Å². The fourth-order valence-corrected chi connectivity index (χ4v) is 1.00. The van der Waals surface area contributed by atoms with Gasteiger partial charge in [-0.1, -0.05) is 42.5 Å². The van der Waals surface area contributed by atoms with Gasteiger partial charge in [-0.2, -0.15) is 0 Å². The molecular formula is C10H28BN2. The van der Waals surface area contributed by atoms with Crippen LogP contribution in [0.3, 0.4) is 0 Å². The first kappa shape index (κ1) is 18.7. The van der Waals surface area contributed by atoms with Crippen molar-refractivity contribution in [2.75, 3.05) is 26.2 Å². The van der Waals surface area contributed by atoms with Gasteiger partial charge in [0.15, 0.2) is 0 Å². The molecule has 81 valence electrons. The molecule has 0 amide bonds. The summed E-state index contributed by atoms with van der Waals surface area (Å²) in [7, 11) is 2.22. The standard InChI is InChI=1S/C8H20BN2.2CH4/c1-5-10(6-2)9-11(7-3)8-4;;/h5-8H2,1-4H3;2*1H4. The highest BCUT2D eigenvalue weighted by molar-refractivity contribution is 6.28. The van der Waals surface area contributed by atoms with E-state index >= 15 is 0 Å². The van der Waals surface area contributed by atoms with Crippen LogP contribution in [-0.2, 0) is 0 Å². The normalized spacial score (nSPS) is 9.38. The fraction of sp³-hybridized carbons (Fsp3) is 1.00. The quantitative estimate of drug-likeness (QED) is 0.589. The van der Waals surface area contributed by atoms with Crippen molar-refractivity contribution < 1.29 is 0 Å². The monoisotopic (exact) mass is 187 g/mol. The van der Waals surface area contributed by atoms with Crippen molar-refractivity contribution in [1.29, 1.82) is 0 Å². The third-order valence-corrected chi connectivity index (χ3v) is 1.95. The van der Waals surface area contributed by atoms with E-state index in [1.165, 1.54) is 0 Å². The summed E-state index contributed by atoms with van der Waals surface area (Å²) in [6, 6.07) is 0. The second-order valence-electron chi connectivity index (χ2n) is 2.56. The predicted molar refractivity (Wildman–Crippen MR) is 65.1 cm³/mol. The molecule has 0 aromatic heterocycles. The van der Waals surface area contributed by atoms with Gasteiger partial charge in [0.25, 0.3) is 0 Å². The molecule has 2 nitrogen and oxygen atoms in total. The van der Waals surface area contributed by atoms with Gasteiger partial charge in [-0.3, -0.25) is 0 Å². The Kier molecular flexibility index (Phi) is 17.2. The van der Waals surface area contributed by atoms with Crippen LogP contribution < -0.4 is 0 Å². The molecule has 0 fully saturated rings. The third kappa shape index (κ3) is 8.32. The third-order valence-electron chi connectivity index (χ3n) is 1.95. The van der Waals surface area contributed by atoms with Crippen LogP contribution in [0.4, 0.5) is 0 Å². The Bertz CT molecular complexity index is 71.0. The zero-order valence-electron chi connectivity index (χ0n) is 8.30. The second-order valence-corrected chi connectivity index (χ2v) is 2.56. The van der Waals surface area contributed by atoms with E-state index in [4.69, 9.17) is 0 Å². The van der Waals surface area contributed by atoms with Crippen molar-refractivity contribution in [3.8, 4) is 0 Å². The van der Waals surface area contributed by atoms with E-state index in [0.29, 0.717) is 0 Å². The lowest BCUT2D eigenvalue weighted by molar-refractivity contribution is 0.401. The van der Waals surface area contributed by atoms with Crippen molar-refractivity contribution >= 4 is 7.55 Å². The van der Waals surface area contributed by atoms with Crippen LogP contribution >= 0.6 is 0 Å². The van der Waals surface area contributed by atoms with E-state index in [-0.39, 0.29) is 14.9 Å². The van der Waals surface area contributed by atoms with E-state index in [1.54, 1.807) is 0 Å². The molecule has 0 spiro atoms. The molecule has 0 aliphatic heterocycles. The highest BCUT2D eigenvalue weighted by Crippen LogP contribution is 1.89. The molecule has 0 aromatic carbocycles. The van der Waals surface area contributed by atoms with Crippen molar-refractivity contribution in [1.82, 2.24) is 9.62 Å². The summed E-state index contributed by atoms with van der Waals surface area (Å²) in [5, 5.41) is 0. The van der Waals surface area contributed by atoms with Crippen LogP contribution in [0.1, 0.15) is 42.5 Å². The van der Waals surface area contributed by atoms with Gasteiger partial charge in [-0.25, -0.2) is 0 Å². The molecular weight excluding hydrogens is 159 g/mol. The minimum Gasteiger partial charge on any atom is -0.332 e. The maximum Gasteiger partial charge on any atom is 0.313 e. The smallest absolute Gasteiger partial charge is 0.313 e. The Hall–Kier alpha value is -0.0151. The van der Waals surface area contributed by atoms with Crippen LogP contribution in [0.2, 0.25) is 0 Å². The minimum absolute atomic E-state index is 0. The summed E-state index contributed by atoms with van der Waals surface area (Å²) >= 11 is 0. The Labute approximate surface area is 86.6 Å². The average molecular weight is 187 g/mol.